The topological polar surface area (TPSA) is 49.2 Å². The summed E-state index contributed by atoms with van der Waals surface area (Å²) in [4.78, 5) is 0. The quantitative estimate of drug-likeness (QED) is 0.737. The SMILES string of the molecule is CCOC(OCC)c1cn(Cc2cccc(F)c2F)nn1. The molecule has 1 aromatic heterocycles. The number of halogens is 2. The summed E-state index contributed by atoms with van der Waals surface area (Å²) >= 11 is 0. The van der Waals surface area contributed by atoms with E-state index in [2.05, 4.69) is 10.3 Å². The maximum atomic E-state index is 13.6. The van der Waals surface area contributed by atoms with Crippen LogP contribution in [0, 0.1) is 11.6 Å². The minimum Gasteiger partial charge on any atom is -0.347 e. The molecule has 114 valence electrons. The molecule has 0 aliphatic heterocycles. The Morgan fingerprint density at radius 2 is 1.90 bits per heavy atom. The molecule has 0 unspecified atom stereocenters. The lowest BCUT2D eigenvalue weighted by Gasteiger charge is -2.13. The van der Waals surface area contributed by atoms with Gasteiger partial charge in [-0.15, -0.1) is 5.10 Å². The number of nitrogens with zero attached hydrogens (tertiary/aromatic N) is 3. The largest absolute Gasteiger partial charge is 0.347 e. The lowest BCUT2D eigenvalue weighted by atomic mass is 10.2. The number of ether oxygens (including phenoxy) is 2. The maximum absolute atomic E-state index is 13.6. The molecule has 0 atom stereocenters. The van der Waals surface area contributed by atoms with Crippen molar-refractivity contribution < 1.29 is 18.3 Å². The van der Waals surface area contributed by atoms with Crippen LogP contribution in [0.25, 0.3) is 0 Å². The van der Waals surface area contributed by atoms with Gasteiger partial charge in [0.15, 0.2) is 11.6 Å². The molecule has 5 nitrogen and oxygen atoms in total. The molecule has 7 heteroatoms. The molecule has 1 aromatic carbocycles. The molecule has 1 heterocycles. The molecule has 0 radical (unpaired) electrons. The number of benzene rings is 1. The van der Waals surface area contributed by atoms with Gasteiger partial charge in [0, 0.05) is 18.8 Å². The molecule has 0 aliphatic rings. The first kappa shape index (κ1) is 15.5. The van der Waals surface area contributed by atoms with E-state index in [1.165, 1.54) is 16.8 Å². The molecular formula is C14H17F2N3O2. The molecule has 0 saturated carbocycles. The van der Waals surface area contributed by atoms with Gasteiger partial charge >= 0.3 is 0 Å². The summed E-state index contributed by atoms with van der Waals surface area (Å²) in [5, 5.41) is 7.83. The molecule has 0 saturated heterocycles. The van der Waals surface area contributed by atoms with Crippen molar-refractivity contribution in [2.45, 2.75) is 26.7 Å². The van der Waals surface area contributed by atoms with Crippen LogP contribution >= 0.6 is 0 Å². The van der Waals surface area contributed by atoms with Gasteiger partial charge in [0.05, 0.1) is 12.7 Å². The lowest BCUT2D eigenvalue weighted by Crippen LogP contribution is -2.09. The molecule has 0 bridgehead atoms. The Morgan fingerprint density at radius 1 is 1.19 bits per heavy atom. The van der Waals surface area contributed by atoms with Crippen LogP contribution in [0.1, 0.15) is 31.4 Å². The zero-order valence-electron chi connectivity index (χ0n) is 11.9. The predicted molar refractivity (Wildman–Crippen MR) is 71.5 cm³/mol. The minimum atomic E-state index is -0.880. The van der Waals surface area contributed by atoms with Crippen molar-refractivity contribution in [3.63, 3.8) is 0 Å². The lowest BCUT2D eigenvalue weighted by molar-refractivity contribution is -0.142. The van der Waals surface area contributed by atoms with Gasteiger partial charge in [-0.05, 0) is 19.9 Å². The van der Waals surface area contributed by atoms with Crippen LogP contribution in [0.5, 0.6) is 0 Å². The van der Waals surface area contributed by atoms with Crippen LogP contribution in [0.2, 0.25) is 0 Å². The molecular weight excluding hydrogens is 280 g/mol. The zero-order chi connectivity index (χ0) is 15.2. The van der Waals surface area contributed by atoms with Crippen LogP contribution in [0.3, 0.4) is 0 Å². The first-order valence-electron chi connectivity index (χ1n) is 6.71. The Morgan fingerprint density at radius 3 is 2.57 bits per heavy atom. The van der Waals surface area contributed by atoms with Gasteiger partial charge in [0.25, 0.3) is 0 Å². The Bertz CT molecular complexity index is 583. The second kappa shape index (κ2) is 7.24. The van der Waals surface area contributed by atoms with Crippen molar-refractivity contribution in [2.75, 3.05) is 13.2 Å². The second-order valence-corrected chi connectivity index (χ2v) is 4.30. The monoisotopic (exact) mass is 297 g/mol. The third kappa shape index (κ3) is 3.83. The molecule has 0 spiro atoms. The number of hydrogen-bond acceptors (Lipinski definition) is 4. The smallest absolute Gasteiger partial charge is 0.204 e. The number of hydrogen-bond donors (Lipinski definition) is 0. The second-order valence-electron chi connectivity index (χ2n) is 4.30. The summed E-state index contributed by atoms with van der Waals surface area (Å²) in [5.74, 6) is -1.75. The average Bonchev–Trinajstić information content (AvgIpc) is 2.92. The average molecular weight is 297 g/mol. The van der Waals surface area contributed by atoms with E-state index in [0.29, 0.717) is 18.9 Å². The fraction of sp³-hybridized carbons (Fsp3) is 0.429. The molecule has 0 aliphatic carbocycles. The van der Waals surface area contributed by atoms with Crippen molar-refractivity contribution in [3.05, 3.63) is 47.3 Å². The van der Waals surface area contributed by atoms with E-state index < -0.39 is 17.9 Å². The highest BCUT2D eigenvalue weighted by molar-refractivity contribution is 5.19. The normalized spacial score (nSPS) is 11.3. The van der Waals surface area contributed by atoms with E-state index in [4.69, 9.17) is 9.47 Å². The van der Waals surface area contributed by atoms with Gasteiger partial charge in [0.1, 0.15) is 5.69 Å². The molecule has 2 rings (SSSR count). The highest BCUT2D eigenvalue weighted by atomic mass is 19.2. The Hall–Kier alpha value is -1.86. The van der Waals surface area contributed by atoms with Crippen molar-refractivity contribution in [1.82, 2.24) is 15.0 Å². The van der Waals surface area contributed by atoms with Gasteiger partial charge in [0.2, 0.25) is 6.29 Å². The fourth-order valence-corrected chi connectivity index (χ4v) is 1.87. The van der Waals surface area contributed by atoms with Crippen molar-refractivity contribution >= 4 is 0 Å². The Balaban J connectivity index is 2.14. The van der Waals surface area contributed by atoms with E-state index >= 15 is 0 Å². The Labute approximate surface area is 121 Å². The van der Waals surface area contributed by atoms with Crippen molar-refractivity contribution in [1.29, 1.82) is 0 Å². The third-order valence-electron chi connectivity index (χ3n) is 2.80. The van der Waals surface area contributed by atoms with Gasteiger partial charge < -0.3 is 9.47 Å². The predicted octanol–water partition coefficient (Wildman–Crippen LogP) is 2.68. The van der Waals surface area contributed by atoms with E-state index in [0.717, 1.165) is 6.07 Å². The van der Waals surface area contributed by atoms with E-state index in [1.807, 2.05) is 13.8 Å². The van der Waals surface area contributed by atoms with Crippen LogP contribution in [0.4, 0.5) is 8.78 Å². The molecule has 2 aromatic rings. The van der Waals surface area contributed by atoms with Crippen molar-refractivity contribution in [2.24, 2.45) is 0 Å². The van der Waals surface area contributed by atoms with Crippen molar-refractivity contribution in [3.8, 4) is 0 Å². The summed E-state index contributed by atoms with van der Waals surface area (Å²) < 4.78 is 39.0. The van der Waals surface area contributed by atoms with Gasteiger partial charge in [-0.3, -0.25) is 0 Å². The molecule has 0 N–H and O–H groups in total. The third-order valence-corrected chi connectivity index (χ3v) is 2.80. The maximum Gasteiger partial charge on any atom is 0.204 e. The van der Waals surface area contributed by atoms with Crippen LogP contribution in [-0.2, 0) is 16.0 Å². The fourth-order valence-electron chi connectivity index (χ4n) is 1.87. The van der Waals surface area contributed by atoms with Gasteiger partial charge in [-0.2, -0.15) is 0 Å². The molecule has 21 heavy (non-hydrogen) atoms. The Kier molecular flexibility index (Phi) is 5.35. The van der Waals surface area contributed by atoms with Gasteiger partial charge in [-0.25, -0.2) is 13.5 Å². The molecule has 0 amide bonds. The van der Waals surface area contributed by atoms with E-state index in [-0.39, 0.29) is 12.1 Å². The van der Waals surface area contributed by atoms with Crippen LogP contribution in [0.15, 0.2) is 24.4 Å². The summed E-state index contributed by atoms with van der Waals surface area (Å²) in [5.41, 5.74) is 0.700. The highest BCUT2D eigenvalue weighted by Crippen LogP contribution is 2.17. The van der Waals surface area contributed by atoms with E-state index in [9.17, 15) is 8.78 Å². The first-order valence-corrected chi connectivity index (χ1v) is 6.71. The number of aromatic nitrogens is 3. The standard InChI is InChI=1S/C14H17F2N3O2/c1-3-20-14(21-4-2)12-9-19(18-17-12)8-10-6-5-7-11(15)13(10)16/h5-7,9,14H,3-4,8H2,1-2H3. The minimum absolute atomic E-state index is 0.0849. The van der Waals surface area contributed by atoms with Gasteiger partial charge in [-0.1, -0.05) is 17.3 Å². The van der Waals surface area contributed by atoms with E-state index in [1.54, 1.807) is 6.20 Å². The molecule has 0 fully saturated rings. The number of rotatable bonds is 7. The summed E-state index contributed by atoms with van der Waals surface area (Å²) in [7, 11) is 0. The summed E-state index contributed by atoms with van der Waals surface area (Å²) in [6.07, 6.45) is 0.992. The zero-order valence-corrected chi connectivity index (χ0v) is 11.9. The highest BCUT2D eigenvalue weighted by Gasteiger charge is 2.16. The summed E-state index contributed by atoms with van der Waals surface area (Å²) in [6.45, 7) is 4.71. The first-order chi connectivity index (χ1) is 10.2. The van der Waals surface area contributed by atoms with Crippen LogP contribution < -0.4 is 0 Å². The van der Waals surface area contributed by atoms with Crippen LogP contribution in [-0.4, -0.2) is 28.2 Å². The summed E-state index contributed by atoms with van der Waals surface area (Å²) in [6, 6.07) is 4.03.